The van der Waals surface area contributed by atoms with Crippen LogP contribution in [0, 0.1) is 0 Å². The molecule has 0 amide bonds. The van der Waals surface area contributed by atoms with Crippen LogP contribution >= 0.6 is 0 Å². The average molecular weight is 273 g/mol. The molecule has 1 fully saturated rings. The minimum Gasteiger partial charge on any atom is -0.386 e. The van der Waals surface area contributed by atoms with Gasteiger partial charge in [-0.1, -0.05) is 62.1 Å². The van der Waals surface area contributed by atoms with Crippen molar-refractivity contribution in [3.05, 3.63) is 41.5 Å². The van der Waals surface area contributed by atoms with E-state index in [0.29, 0.717) is 0 Å². The number of nitrogens with two attached hydrogens (primary N) is 1. The van der Waals surface area contributed by atoms with Gasteiger partial charge in [0.05, 0.1) is 5.60 Å². The molecule has 2 nitrogen and oxygen atoms in total. The molecule has 1 aromatic carbocycles. The molecular formula is C18H27NO. The third-order valence-electron chi connectivity index (χ3n) is 4.18. The van der Waals surface area contributed by atoms with Crippen molar-refractivity contribution in [1.82, 2.24) is 0 Å². The molecule has 0 saturated heterocycles. The van der Waals surface area contributed by atoms with Gasteiger partial charge in [0.2, 0.25) is 0 Å². The summed E-state index contributed by atoms with van der Waals surface area (Å²) >= 11 is 0. The molecule has 0 aliphatic heterocycles. The van der Waals surface area contributed by atoms with Crippen LogP contribution in [-0.4, -0.2) is 17.3 Å². The van der Waals surface area contributed by atoms with Gasteiger partial charge in [-0.25, -0.2) is 0 Å². The summed E-state index contributed by atoms with van der Waals surface area (Å²) < 4.78 is 0. The predicted octanol–water partition coefficient (Wildman–Crippen LogP) is 3.68. The van der Waals surface area contributed by atoms with Crippen LogP contribution in [0.25, 0.3) is 6.08 Å². The molecule has 0 bridgehead atoms. The van der Waals surface area contributed by atoms with E-state index in [1.165, 1.54) is 24.0 Å². The van der Waals surface area contributed by atoms with Crippen LogP contribution in [0.5, 0.6) is 0 Å². The van der Waals surface area contributed by atoms with Crippen molar-refractivity contribution < 1.29 is 5.11 Å². The smallest absolute Gasteiger partial charge is 0.0830 e. The summed E-state index contributed by atoms with van der Waals surface area (Å²) in [5.74, 6) is 0. The third kappa shape index (κ3) is 4.77. The number of benzene rings is 1. The van der Waals surface area contributed by atoms with E-state index in [2.05, 4.69) is 30.3 Å². The molecule has 1 aromatic rings. The van der Waals surface area contributed by atoms with Gasteiger partial charge in [-0.2, -0.15) is 0 Å². The lowest BCUT2D eigenvalue weighted by Gasteiger charge is -2.22. The van der Waals surface area contributed by atoms with Crippen LogP contribution in [0.1, 0.15) is 56.1 Å². The fraction of sp³-hybridized carbons (Fsp3) is 0.556. The van der Waals surface area contributed by atoms with Crippen molar-refractivity contribution in [3.63, 3.8) is 0 Å². The topological polar surface area (TPSA) is 46.2 Å². The van der Waals surface area contributed by atoms with Crippen LogP contribution < -0.4 is 5.73 Å². The van der Waals surface area contributed by atoms with Crippen LogP contribution in [0.4, 0.5) is 0 Å². The maximum Gasteiger partial charge on any atom is 0.0830 e. The summed E-state index contributed by atoms with van der Waals surface area (Å²) in [6, 6.07) is 8.53. The van der Waals surface area contributed by atoms with Crippen LogP contribution in [0.2, 0.25) is 0 Å². The number of hydrogen-bond acceptors (Lipinski definition) is 2. The molecule has 20 heavy (non-hydrogen) atoms. The molecule has 1 aliphatic rings. The Morgan fingerprint density at radius 1 is 1.15 bits per heavy atom. The normalized spacial score (nSPS) is 19.1. The van der Waals surface area contributed by atoms with E-state index in [4.69, 9.17) is 5.73 Å². The van der Waals surface area contributed by atoms with Gasteiger partial charge in [0.15, 0.2) is 0 Å². The van der Waals surface area contributed by atoms with Gasteiger partial charge in [-0.3, -0.25) is 0 Å². The van der Waals surface area contributed by atoms with Gasteiger partial charge in [0.25, 0.3) is 0 Å². The molecule has 1 saturated carbocycles. The van der Waals surface area contributed by atoms with Crippen molar-refractivity contribution in [1.29, 1.82) is 0 Å². The lowest BCUT2D eigenvalue weighted by atomic mass is 9.93. The number of aryl methyl sites for hydroxylation is 1. The molecule has 3 N–H and O–H groups in total. The Morgan fingerprint density at radius 3 is 2.60 bits per heavy atom. The molecule has 0 atom stereocenters. The van der Waals surface area contributed by atoms with Gasteiger partial charge in [0, 0.05) is 0 Å². The lowest BCUT2D eigenvalue weighted by Crippen LogP contribution is -2.24. The van der Waals surface area contributed by atoms with Crippen LogP contribution in [-0.2, 0) is 6.42 Å². The quantitative estimate of drug-likeness (QED) is 0.804. The maximum atomic E-state index is 10.6. The van der Waals surface area contributed by atoms with Gasteiger partial charge < -0.3 is 10.8 Å². The highest BCUT2D eigenvalue weighted by Crippen LogP contribution is 2.28. The summed E-state index contributed by atoms with van der Waals surface area (Å²) in [4.78, 5) is 0. The van der Waals surface area contributed by atoms with E-state index in [1.807, 2.05) is 6.08 Å². The molecule has 0 unspecified atom stereocenters. The van der Waals surface area contributed by atoms with E-state index in [1.54, 1.807) is 0 Å². The second-order valence-electron chi connectivity index (χ2n) is 5.99. The molecule has 110 valence electrons. The SMILES string of the molecule is NCCCc1cccc(/C=C/C2(O)CCCCCC2)c1. The molecule has 0 spiro atoms. The Hall–Kier alpha value is -1.12. The zero-order valence-electron chi connectivity index (χ0n) is 12.4. The molecule has 1 aliphatic carbocycles. The zero-order valence-corrected chi connectivity index (χ0v) is 12.4. The fourth-order valence-corrected chi connectivity index (χ4v) is 2.92. The summed E-state index contributed by atoms with van der Waals surface area (Å²) in [5, 5.41) is 10.6. The third-order valence-corrected chi connectivity index (χ3v) is 4.18. The van der Waals surface area contributed by atoms with Gasteiger partial charge in [-0.15, -0.1) is 0 Å². The van der Waals surface area contributed by atoms with Gasteiger partial charge in [0.1, 0.15) is 0 Å². The predicted molar refractivity (Wildman–Crippen MR) is 85.5 cm³/mol. The molecule has 2 heteroatoms. The highest BCUT2D eigenvalue weighted by molar-refractivity contribution is 5.51. The minimum absolute atomic E-state index is 0.593. The van der Waals surface area contributed by atoms with E-state index in [0.717, 1.165) is 45.1 Å². The standard InChI is InChI=1S/C18H27NO/c19-14-6-9-16-7-5-8-17(15-16)10-13-18(20)11-3-1-2-4-12-18/h5,7-8,10,13,15,20H,1-4,6,9,11-12,14,19H2/b13-10+. The van der Waals surface area contributed by atoms with E-state index in [-0.39, 0.29) is 0 Å². The molecule has 2 rings (SSSR count). The van der Waals surface area contributed by atoms with E-state index < -0.39 is 5.60 Å². The van der Waals surface area contributed by atoms with Crippen LogP contribution in [0.3, 0.4) is 0 Å². The summed E-state index contributed by atoms with van der Waals surface area (Å²) in [6.07, 6.45) is 12.7. The van der Waals surface area contributed by atoms with Gasteiger partial charge in [-0.05, 0) is 43.4 Å². The van der Waals surface area contributed by atoms with Crippen molar-refractivity contribution in [2.45, 2.75) is 57.0 Å². The second kappa shape index (κ2) is 7.61. The van der Waals surface area contributed by atoms with Crippen LogP contribution in [0.15, 0.2) is 30.3 Å². The zero-order chi connectivity index (χ0) is 14.3. The summed E-state index contributed by atoms with van der Waals surface area (Å²) in [7, 11) is 0. The lowest BCUT2D eigenvalue weighted by molar-refractivity contribution is 0.0755. The molecule has 0 radical (unpaired) electrons. The first-order valence-corrected chi connectivity index (χ1v) is 7.92. The van der Waals surface area contributed by atoms with Crippen molar-refractivity contribution >= 4 is 6.08 Å². The fourth-order valence-electron chi connectivity index (χ4n) is 2.92. The van der Waals surface area contributed by atoms with E-state index in [9.17, 15) is 5.11 Å². The highest BCUT2D eigenvalue weighted by Gasteiger charge is 2.24. The van der Waals surface area contributed by atoms with Gasteiger partial charge >= 0.3 is 0 Å². The van der Waals surface area contributed by atoms with E-state index >= 15 is 0 Å². The molecular weight excluding hydrogens is 246 g/mol. The average Bonchev–Trinajstić information content (AvgIpc) is 2.69. The number of rotatable bonds is 5. The Bertz CT molecular complexity index is 431. The Labute approximate surface area is 122 Å². The number of hydrogen-bond donors (Lipinski definition) is 2. The first-order chi connectivity index (χ1) is 9.72. The monoisotopic (exact) mass is 273 g/mol. The highest BCUT2D eigenvalue weighted by atomic mass is 16.3. The van der Waals surface area contributed by atoms with Crippen molar-refractivity contribution in [3.8, 4) is 0 Å². The Kier molecular flexibility index (Phi) is 5.81. The Morgan fingerprint density at radius 2 is 1.90 bits per heavy atom. The maximum absolute atomic E-state index is 10.6. The minimum atomic E-state index is -0.593. The molecule has 0 aromatic heterocycles. The largest absolute Gasteiger partial charge is 0.386 e. The van der Waals surface area contributed by atoms with Crippen molar-refractivity contribution in [2.24, 2.45) is 5.73 Å². The first kappa shape index (κ1) is 15.3. The Balaban J connectivity index is 2.02. The second-order valence-corrected chi connectivity index (χ2v) is 5.99. The summed E-state index contributed by atoms with van der Waals surface area (Å²) in [6.45, 7) is 0.736. The summed E-state index contributed by atoms with van der Waals surface area (Å²) in [5.41, 5.74) is 7.46. The number of aliphatic hydroxyl groups is 1. The molecule has 0 heterocycles. The van der Waals surface area contributed by atoms with Crippen molar-refractivity contribution in [2.75, 3.05) is 6.54 Å². The first-order valence-electron chi connectivity index (χ1n) is 7.92.